The maximum Gasteiger partial charge on any atom is 0.129 e. The van der Waals surface area contributed by atoms with Crippen molar-refractivity contribution in [1.29, 1.82) is 0 Å². The van der Waals surface area contributed by atoms with Gasteiger partial charge in [-0.1, -0.05) is 11.6 Å². The standard InChI is InChI=1S/C11H13ClFN/c1-7-4-9(12)5-8(10(7)13)6-11(14)2-3-11/h4-5H,2-3,6,14H2,1H3. The molecule has 1 aliphatic rings. The van der Waals surface area contributed by atoms with E-state index in [0.717, 1.165) is 12.8 Å². The minimum atomic E-state index is -0.169. The maximum atomic E-state index is 13.6. The lowest BCUT2D eigenvalue weighted by molar-refractivity contribution is 0.576. The van der Waals surface area contributed by atoms with E-state index in [-0.39, 0.29) is 11.4 Å². The number of rotatable bonds is 2. The predicted octanol–water partition coefficient (Wildman–Crippen LogP) is 2.82. The summed E-state index contributed by atoms with van der Waals surface area (Å²) in [6.45, 7) is 1.72. The molecule has 0 radical (unpaired) electrons. The fraction of sp³-hybridized carbons (Fsp3) is 0.455. The molecule has 1 nitrogen and oxygen atoms in total. The highest BCUT2D eigenvalue weighted by atomic mass is 35.5. The molecule has 0 unspecified atom stereocenters. The largest absolute Gasteiger partial charge is 0.325 e. The van der Waals surface area contributed by atoms with Crippen LogP contribution in [0.1, 0.15) is 24.0 Å². The van der Waals surface area contributed by atoms with E-state index in [0.29, 0.717) is 22.6 Å². The molecule has 14 heavy (non-hydrogen) atoms. The fourth-order valence-corrected chi connectivity index (χ4v) is 1.94. The van der Waals surface area contributed by atoms with E-state index in [2.05, 4.69) is 0 Å². The highest BCUT2D eigenvalue weighted by Gasteiger charge is 2.38. The summed E-state index contributed by atoms with van der Waals surface area (Å²) in [5, 5.41) is 0.586. The lowest BCUT2D eigenvalue weighted by Gasteiger charge is -2.11. The van der Waals surface area contributed by atoms with Crippen LogP contribution < -0.4 is 5.73 Å². The Morgan fingerprint density at radius 2 is 2.14 bits per heavy atom. The Hall–Kier alpha value is -0.600. The summed E-state index contributed by atoms with van der Waals surface area (Å²) >= 11 is 5.86. The quantitative estimate of drug-likeness (QED) is 0.804. The average Bonchev–Trinajstić information content (AvgIpc) is 2.79. The van der Waals surface area contributed by atoms with Gasteiger partial charge in [0, 0.05) is 10.6 Å². The van der Waals surface area contributed by atoms with Crippen molar-refractivity contribution < 1.29 is 4.39 Å². The Bertz CT molecular complexity index is 372. The molecule has 76 valence electrons. The zero-order valence-electron chi connectivity index (χ0n) is 8.11. The van der Waals surface area contributed by atoms with Crippen LogP contribution in [0.2, 0.25) is 5.02 Å². The Labute approximate surface area is 88.1 Å². The number of benzene rings is 1. The van der Waals surface area contributed by atoms with E-state index in [1.807, 2.05) is 0 Å². The van der Waals surface area contributed by atoms with E-state index < -0.39 is 0 Å². The number of aryl methyl sites for hydroxylation is 1. The molecular weight excluding hydrogens is 201 g/mol. The van der Waals surface area contributed by atoms with Gasteiger partial charge in [-0.15, -0.1) is 0 Å². The molecule has 0 bridgehead atoms. The van der Waals surface area contributed by atoms with E-state index in [1.165, 1.54) is 0 Å². The van der Waals surface area contributed by atoms with Crippen LogP contribution in [0.25, 0.3) is 0 Å². The third-order valence-corrected chi connectivity index (χ3v) is 2.95. The first kappa shape index (κ1) is 9.94. The van der Waals surface area contributed by atoms with Gasteiger partial charge in [0.2, 0.25) is 0 Å². The van der Waals surface area contributed by atoms with Gasteiger partial charge in [0.25, 0.3) is 0 Å². The molecule has 2 rings (SSSR count). The summed E-state index contributed by atoms with van der Waals surface area (Å²) in [5.74, 6) is -0.161. The second-order valence-corrected chi connectivity index (χ2v) is 4.67. The molecule has 2 N–H and O–H groups in total. The highest BCUT2D eigenvalue weighted by Crippen LogP contribution is 2.37. The molecule has 0 aromatic heterocycles. The topological polar surface area (TPSA) is 26.0 Å². The summed E-state index contributed by atoms with van der Waals surface area (Å²) < 4.78 is 13.6. The summed E-state index contributed by atoms with van der Waals surface area (Å²) in [5.41, 5.74) is 7.01. The van der Waals surface area contributed by atoms with Crippen LogP contribution >= 0.6 is 11.6 Å². The smallest absolute Gasteiger partial charge is 0.129 e. The third-order valence-electron chi connectivity index (χ3n) is 2.73. The molecular formula is C11H13ClFN. The van der Waals surface area contributed by atoms with Crippen molar-refractivity contribution in [1.82, 2.24) is 0 Å². The third kappa shape index (κ3) is 1.91. The van der Waals surface area contributed by atoms with Crippen LogP contribution in [0.5, 0.6) is 0 Å². The van der Waals surface area contributed by atoms with E-state index in [9.17, 15) is 4.39 Å². The van der Waals surface area contributed by atoms with E-state index in [1.54, 1.807) is 19.1 Å². The zero-order valence-corrected chi connectivity index (χ0v) is 8.87. The van der Waals surface area contributed by atoms with E-state index >= 15 is 0 Å². The van der Waals surface area contributed by atoms with Crippen molar-refractivity contribution in [2.75, 3.05) is 0 Å². The zero-order chi connectivity index (χ0) is 10.3. The van der Waals surface area contributed by atoms with Crippen molar-refractivity contribution >= 4 is 11.6 Å². The molecule has 1 fully saturated rings. The van der Waals surface area contributed by atoms with Crippen LogP contribution in [-0.2, 0) is 6.42 Å². The molecule has 1 aliphatic carbocycles. The highest BCUT2D eigenvalue weighted by molar-refractivity contribution is 6.30. The van der Waals surface area contributed by atoms with Gasteiger partial charge in [-0.2, -0.15) is 0 Å². The van der Waals surface area contributed by atoms with Crippen molar-refractivity contribution in [3.8, 4) is 0 Å². The van der Waals surface area contributed by atoms with Gasteiger partial charge in [-0.25, -0.2) is 4.39 Å². The van der Waals surface area contributed by atoms with Crippen molar-refractivity contribution in [3.63, 3.8) is 0 Å². The van der Waals surface area contributed by atoms with Crippen molar-refractivity contribution in [2.45, 2.75) is 31.7 Å². The van der Waals surface area contributed by atoms with Crippen LogP contribution in [-0.4, -0.2) is 5.54 Å². The molecule has 0 spiro atoms. The lowest BCUT2D eigenvalue weighted by Crippen LogP contribution is -2.25. The molecule has 0 heterocycles. The van der Waals surface area contributed by atoms with Gasteiger partial charge in [0.15, 0.2) is 0 Å². The predicted molar refractivity (Wildman–Crippen MR) is 56.0 cm³/mol. The Kier molecular flexibility index (Phi) is 2.28. The summed E-state index contributed by atoms with van der Waals surface area (Å²) in [6, 6.07) is 3.31. The molecule has 1 aromatic carbocycles. The van der Waals surface area contributed by atoms with E-state index in [4.69, 9.17) is 17.3 Å². The summed E-state index contributed by atoms with van der Waals surface area (Å²) in [7, 11) is 0. The van der Waals surface area contributed by atoms with Crippen molar-refractivity contribution in [3.05, 3.63) is 34.1 Å². The molecule has 0 atom stereocenters. The fourth-order valence-electron chi connectivity index (χ4n) is 1.64. The van der Waals surface area contributed by atoms with Crippen LogP contribution in [0.15, 0.2) is 12.1 Å². The summed E-state index contributed by atoms with van der Waals surface area (Å²) in [6.07, 6.45) is 2.57. The number of hydrogen-bond donors (Lipinski definition) is 1. The molecule has 0 saturated heterocycles. The molecule has 3 heteroatoms. The van der Waals surface area contributed by atoms with Gasteiger partial charge < -0.3 is 5.73 Å². The lowest BCUT2D eigenvalue weighted by atomic mass is 10.0. The minimum absolute atomic E-state index is 0.161. The monoisotopic (exact) mass is 213 g/mol. The first-order valence-electron chi connectivity index (χ1n) is 4.74. The normalized spacial score (nSPS) is 18.3. The van der Waals surface area contributed by atoms with Gasteiger partial charge in [0.1, 0.15) is 5.82 Å². The number of hydrogen-bond acceptors (Lipinski definition) is 1. The second-order valence-electron chi connectivity index (χ2n) is 4.23. The first-order valence-corrected chi connectivity index (χ1v) is 5.11. The van der Waals surface area contributed by atoms with Crippen LogP contribution in [0.4, 0.5) is 4.39 Å². The minimum Gasteiger partial charge on any atom is -0.325 e. The Morgan fingerprint density at radius 3 is 2.71 bits per heavy atom. The second kappa shape index (κ2) is 3.21. The molecule has 0 amide bonds. The molecule has 0 aliphatic heterocycles. The van der Waals surface area contributed by atoms with Crippen LogP contribution in [0.3, 0.4) is 0 Å². The number of halogens is 2. The van der Waals surface area contributed by atoms with Gasteiger partial charge in [-0.05, 0) is 49.4 Å². The van der Waals surface area contributed by atoms with Gasteiger partial charge in [0.05, 0.1) is 0 Å². The average molecular weight is 214 g/mol. The first-order chi connectivity index (χ1) is 6.50. The van der Waals surface area contributed by atoms with Crippen molar-refractivity contribution in [2.24, 2.45) is 5.73 Å². The van der Waals surface area contributed by atoms with Gasteiger partial charge >= 0.3 is 0 Å². The summed E-state index contributed by atoms with van der Waals surface area (Å²) in [4.78, 5) is 0. The number of nitrogens with two attached hydrogens (primary N) is 1. The Balaban J connectivity index is 2.32. The van der Waals surface area contributed by atoms with Crippen LogP contribution in [0, 0.1) is 12.7 Å². The molecule has 1 aromatic rings. The van der Waals surface area contributed by atoms with Gasteiger partial charge in [-0.3, -0.25) is 0 Å². The Morgan fingerprint density at radius 1 is 1.50 bits per heavy atom. The molecule has 1 saturated carbocycles. The maximum absolute atomic E-state index is 13.6. The SMILES string of the molecule is Cc1cc(Cl)cc(CC2(N)CC2)c1F.